The minimum atomic E-state index is -0.564. The van der Waals surface area contributed by atoms with Crippen molar-refractivity contribution in [2.24, 2.45) is 5.92 Å². The van der Waals surface area contributed by atoms with Gasteiger partial charge in [0.2, 0.25) is 5.75 Å². The fourth-order valence-corrected chi connectivity index (χ4v) is 5.24. The number of aryl methyl sites for hydroxylation is 1. The first-order valence-corrected chi connectivity index (χ1v) is 12.3. The molecule has 0 N–H and O–H groups in total. The van der Waals surface area contributed by atoms with Crippen molar-refractivity contribution >= 4 is 11.8 Å². The molecule has 2 saturated carbocycles. The highest BCUT2D eigenvalue weighted by molar-refractivity contribution is 6.01. The molecule has 6 nitrogen and oxygen atoms in total. The largest absolute Gasteiger partial charge is 0.493 e. The van der Waals surface area contributed by atoms with Crippen LogP contribution < -0.4 is 14.2 Å². The van der Waals surface area contributed by atoms with Crippen LogP contribution in [0.4, 0.5) is 0 Å². The van der Waals surface area contributed by atoms with Crippen LogP contribution in [0.5, 0.6) is 17.2 Å². The van der Waals surface area contributed by atoms with E-state index in [2.05, 4.69) is 6.07 Å². The number of rotatable bonds is 9. The van der Waals surface area contributed by atoms with Crippen LogP contribution in [-0.2, 0) is 16.0 Å². The Morgan fingerprint density at radius 1 is 0.971 bits per heavy atom. The molecule has 0 aromatic heterocycles. The van der Waals surface area contributed by atoms with Crippen molar-refractivity contribution in [3.8, 4) is 28.4 Å². The van der Waals surface area contributed by atoms with E-state index < -0.39 is 5.60 Å². The Labute approximate surface area is 200 Å². The lowest BCUT2D eigenvalue weighted by atomic mass is 9.99. The van der Waals surface area contributed by atoms with E-state index >= 15 is 0 Å². The summed E-state index contributed by atoms with van der Waals surface area (Å²) in [5.74, 6) is 2.17. The summed E-state index contributed by atoms with van der Waals surface area (Å²) in [6.45, 7) is 0.267. The summed E-state index contributed by atoms with van der Waals surface area (Å²) in [6.07, 6.45) is 8.07. The molecule has 180 valence electrons. The van der Waals surface area contributed by atoms with Crippen molar-refractivity contribution in [1.82, 2.24) is 0 Å². The van der Waals surface area contributed by atoms with Crippen LogP contribution in [0.2, 0.25) is 0 Å². The van der Waals surface area contributed by atoms with Crippen molar-refractivity contribution in [3.63, 3.8) is 0 Å². The average molecular weight is 465 g/mol. The first-order valence-electron chi connectivity index (χ1n) is 12.3. The lowest BCUT2D eigenvalue weighted by Gasteiger charge is -2.22. The zero-order valence-electron chi connectivity index (χ0n) is 20.0. The number of methoxy groups -OCH3 is 2. The molecule has 0 atom stereocenters. The number of hydrogen-bond donors (Lipinski definition) is 0. The SMILES string of the molecule is COc1ccc(-c2ccc3c(c2)CCC3=O)c(OCC2(OC(=O)CC3CCCC3)CC2)c1OC. The molecule has 0 radical (unpaired) electrons. The maximum atomic E-state index is 12.6. The molecule has 3 aliphatic rings. The Kier molecular flexibility index (Phi) is 6.24. The molecule has 2 fully saturated rings. The molecule has 0 aliphatic heterocycles. The number of carbonyl (C=O) groups excluding carboxylic acids is 2. The van der Waals surface area contributed by atoms with E-state index in [0.717, 1.165) is 54.4 Å². The number of esters is 1. The normalized spacial score (nSPS) is 18.5. The minimum Gasteiger partial charge on any atom is -0.493 e. The maximum Gasteiger partial charge on any atom is 0.306 e. The second kappa shape index (κ2) is 9.32. The van der Waals surface area contributed by atoms with Crippen molar-refractivity contribution in [1.29, 1.82) is 0 Å². The molecule has 2 aromatic rings. The molecule has 0 spiro atoms. The first kappa shape index (κ1) is 22.8. The lowest BCUT2D eigenvalue weighted by Crippen LogP contribution is -2.28. The zero-order valence-corrected chi connectivity index (χ0v) is 20.0. The monoisotopic (exact) mass is 464 g/mol. The Balaban J connectivity index is 1.38. The van der Waals surface area contributed by atoms with Crippen molar-refractivity contribution in [3.05, 3.63) is 41.5 Å². The summed E-state index contributed by atoms with van der Waals surface area (Å²) in [7, 11) is 3.18. The van der Waals surface area contributed by atoms with E-state index in [1.165, 1.54) is 12.8 Å². The zero-order chi connectivity index (χ0) is 23.7. The van der Waals surface area contributed by atoms with E-state index in [9.17, 15) is 9.59 Å². The topological polar surface area (TPSA) is 71.1 Å². The highest BCUT2D eigenvalue weighted by atomic mass is 16.6. The van der Waals surface area contributed by atoms with E-state index in [0.29, 0.717) is 36.0 Å². The predicted octanol–water partition coefficient (Wildman–Crippen LogP) is 5.53. The maximum absolute atomic E-state index is 12.6. The van der Waals surface area contributed by atoms with Crippen LogP contribution >= 0.6 is 0 Å². The van der Waals surface area contributed by atoms with Gasteiger partial charge in [-0.1, -0.05) is 31.0 Å². The molecule has 3 aliphatic carbocycles. The van der Waals surface area contributed by atoms with Gasteiger partial charge in [0.15, 0.2) is 17.3 Å². The molecule has 0 amide bonds. The van der Waals surface area contributed by atoms with Crippen LogP contribution in [-0.4, -0.2) is 38.2 Å². The summed E-state index contributed by atoms with van der Waals surface area (Å²) in [5, 5.41) is 0. The van der Waals surface area contributed by atoms with Crippen LogP contribution in [0.15, 0.2) is 30.3 Å². The predicted molar refractivity (Wildman–Crippen MR) is 128 cm³/mol. The number of fused-ring (bicyclic) bond motifs is 1. The van der Waals surface area contributed by atoms with Gasteiger partial charge in [0.05, 0.1) is 14.2 Å². The molecule has 0 unspecified atom stereocenters. The van der Waals surface area contributed by atoms with Gasteiger partial charge in [-0.15, -0.1) is 0 Å². The van der Waals surface area contributed by atoms with E-state index in [1.807, 2.05) is 24.3 Å². The molecular formula is C28H32O6. The van der Waals surface area contributed by atoms with Crippen LogP contribution in [0, 0.1) is 5.92 Å². The first-order chi connectivity index (χ1) is 16.5. The minimum absolute atomic E-state index is 0.117. The molecule has 2 aromatic carbocycles. The number of hydrogen-bond acceptors (Lipinski definition) is 6. The number of benzene rings is 2. The highest BCUT2D eigenvalue weighted by Crippen LogP contribution is 2.47. The Morgan fingerprint density at radius 3 is 2.44 bits per heavy atom. The highest BCUT2D eigenvalue weighted by Gasteiger charge is 2.48. The van der Waals surface area contributed by atoms with E-state index in [1.54, 1.807) is 14.2 Å². The molecule has 6 heteroatoms. The molecule has 5 rings (SSSR count). The summed E-state index contributed by atoms with van der Waals surface area (Å²) >= 11 is 0. The third kappa shape index (κ3) is 4.50. The summed E-state index contributed by atoms with van der Waals surface area (Å²) in [4.78, 5) is 24.6. The lowest BCUT2D eigenvalue weighted by molar-refractivity contribution is -0.154. The van der Waals surface area contributed by atoms with Gasteiger partial charge < -0.3 is 18.9 Å². The fourth-order valence-electron chi connectivity index (χ4n) is 5.24. The van der Waals surface area contributed by atoms with Gasteiger partial charge in [0, 0.05) is 24.0 Å². The summed E-state index contributed by atoms with van der Waals surface area (Å²) in [6, 6.07) is 9.70. The third-order valence-corrected chi connectivity index (χ3v) is 7.39. The van der Waals surface area contributed by atoms with Gasteiger partial charge in [0.1, 0.15) is 12.2 Å². The van der Waals surface area contributed by atoms with Crippen molar-refractivity contribution in [2.45, 2.75) is 63.4 Å². The molecule has 0 bridgehead atoms. The number of ether oxygens (including phenoxy) is 4. The Bertz CT molecular complexity index is 1090. The van der Waals surface area contributed by atoms with Gasteiger partial charge in [-0.2, -0.15) is 0 Å². The van der Waals surface area contributed by atoms with Crippen molar-refractivity contribution in [2.75, 3.05) is 20.8 Å². The molecular weight excluding hydrogens is 432 g/mol. The Hall–Kier alpha value is -3.02. The average Bonchev–Trinajstić information content (AvgIpc) is 3.22. The quantitative estimate of drug-likeness (QED) is 0.454. The number of ketones is 1. The van der Waals surface area contributed by atoms with Crippen LogP contribution in [0.25, 0.3) is 11.1 Å². The Morgan fingerprint density at radius 2 is 1.74 bits per heavy atom. The van der Waals surface area contributed by atoms with Gasteiger partial charge in [-0.05, 0) is 61.3 Å². The fraction of sp³-hybridized carbons (Fsp3) is 0.500. The van der Waals surface area contributed by atoms with Gasteiger partial charge in [-0.25, -0.2) is 0 Å². The standard InChI is InChI=1S/C28H32O6/c1-31-24-12-10-22(20-7-9-21-19(16-20)8-11-23(21)29)26(27(24)32-2)33-17-28(13-14-28)34-25(30)15-18-5-3-4-6-18/h7,9-10,12,16,18H,3-6,8,11,13-15,17H2,1-2H3. The molecule has 34 heavy (non-hydrogen) atoms. The van der Waals surface area contributed by atoms with E-state index in [4.69, 9.17) is 18.9 Å². The molecule has 0 saturated heterocycles. The molecule has 0 heterocycles. The van der Waals surface area contributed by atoms with Crippen molar-refractivity contribution < 1.29 is 28.5 Å². The van der Waals surface area contributed by atoms with E-state index in [-0.39, 0.29) is 18.4 Å². The smallest absolute Gasteiger partial charge is 0.306 e. The second-order valence-electron chi connectivity index (χ2n) is 9.77. The third-order valence-electron chi connectivity index (χ3n) is 7.39. The second-order valence-corrected chi connectivity index (χ2v) is 9.77. The van der Waals surface area contributed by atoms with Crippen LogP contribution in [0.1, 0.15) is 67.3 Å². The van der Waals surface area contributed by atoms with Gasteiger partial charge in [-0.3, -0.25) is 9.59 Å². The van der Waals surface area contributed by atoms with Crippen LogP contribution in [0.3, 0.4) is 0 Å². The number of carbonyl (C=O) groups is 2. The summed E-state index contributed by atoms with van der Waals surface area (Å²) < 4.78 is 23.4. The number of Topliss-reactive ketones (excluding diaryl/α,β-unsaturated/α-hetero) is 1. The summed E-state index contributed by atoms with van der Waals surface area (Å²) in [5.41, 5.74) is 3.10. The van der Waals surface area contributed by atoms with Gasteiger partial charge >= 0.3 is 5.97 Å². The van der Waals surface area contributed by atoms with Gasteiger partial charge in [0.25, 0.3) is 0 Å².